The van der Waals surface area contributed by atoms with E-state index in [0.717, 1.165) is 0 Å². The first kappa shape index (κ1) is 19.8. The van der Waals surface area contributed by atoms with Gasteiger partial charge < -0.3 is 14.4 Å². The second-order valence-corrected chi connectivity index (χ2v) is 6.04. The van der Waals surface area contributed by atoms with Gasteiger partial charge >= 0.3 is 0 Å². The molecule has 0 fully saturated rings. The first-order valence-corrected chi connectivity index (χ1v) is 7.21. The highest BCUT2D eigenvalue weighted by Crippen LogP contribution is 2.19. The molecule has 0 N–H and O–H groups in total. The lowest BCUT2D eigenvalue weighted by Crippen LogP contribution is -2.47. The zero-order chi connectivity index (χ0) is 14.8. The summed E-state index contributed by atoms with van der Waals surface area (Å²) in [5.74, 6) is -0.954. The van der Waals surface area contributed by atoms with Gasteiger partial charge in [-0.15, -0.1) is 0 Å². The van der Waals surface area contributed by atoms with Crippen LogP contribution in [0, 0.1) is 5.41 Å². The summed E-state index contributed by atoms with van der Waals surface area (Å²) in [7, 11) is 0. The highest BCUT2D eigenvalue weighted by Gasteiger charge is 2.16. The highest BCUT2D eigenvalue weighted by atomic mass is 16.4. The van der Waals surface area contributed by atoms with Gasteiger partial charge in [-0.05, 0) is 46.0 Å². The van der Waals surface area contributed by atoms with E-state index in [4.69, 9.17) is 0 Å². The van der Waals surface area contributed by atoms with Gasteiger partial charge in [-0.3, -0.25) is 0 Å². The molecule has 0 aromatic rings. The van der Waals surface area contributed by atoms with Crippen molar-refractivity contribution in [3.05, 3.63) is 0 Å². The molecular weight excluding hydrogens is 226 g/mol. The third-order valence-corrected chi connectivity index (χ3v) is 3.76. The average molecular weight is 259 g/mol. The molecule has 0 atom stereocenters. The van der Waals surface area contributed by atoms with Crippen molar-refractivity contribution in [1.82, 2.24) is 0 Å². The molecule has 0 radical (unpaired) electrons. The SMILES string of the molecule is CC(C)(C)CCC(=O)[O-].CC[N+](CC)(CC)CC. The molecule has 0 rings (SSSR count). The molecule has 3 heteroatoms. The molecule has 0 saturated heterocycles. The predicted octanol–water partition coefficient (Wildman–Crippen LogP) is 2.45. The van der Waals surface area contributed by atoms with Crippen LogP contribution in [0.3, 0.4) is 0 Å². The lowest BCUT2D eigenvalue weighted by molar-refractivity contribution is -0.921. The van der Waals surface area contributed by atoms with Gasteiger partial charge in [0.15, 0.2) is 0 Å². The van der Waals surface area contributed by atoms with Gasteiger partial charge in [-0.2, -0.15) is 0 Å². The highest BCUT2D eigenvalue weighted by molar-refractivity contribution is 5.64. The average Bonchev–Trinajstić information content (AvgIpc) is 2.30. The Kier molecular flexibility index (Phi) is 10.3. The Balaban J connectivity index is 0. The van der Waals surface area contributed by atoms with Gasteiger partial charge in [0, 0.05) is 5.97 Å². The number of rotatable bonds is 6. The van der Waals surface area contributed by atoms with Crippen LogP contribution in [-0.4, -0.2) is 36.6 Å². The normalized spacial score (nSPS) is 11.7. The van der Waals surface area contributed by atoms with E-state index >= 15 is 0 Å². The molecule has 18 heavy (non-hydrogen) atoms. The minimum Gasteiger partial charge on any atom is -0.550 e. The number of nitrogens with zero attached hydrogens (tertiary/aromatic N) is 1. The van der Waals surface area contributed by atoms with Crippen LogP contribution in [0.4, 0.5) is 0 Å². The number of aliphatic carboxylic acids is 1. The van der Waals surface area contributed by atoms with Crippen LogP contribution in [0.2, 0.25) is 0 Å². The monoisotopic (exact) mass is 259 g/mol. The van der Waals surface area contributed by atoms with Crippen LogP contribution in [0.25, 0.3) is 0 Å². The molecule has 0 aromatic carbocycles. The summed E-state index contributed by atoms with van der Waals surface area (Å²) in [6.07, 6.45) is 0.860. The van der Waals surface area contributed by atoms with Crippen molar-refractivity contribution in [2.75, 3.05) is 26.2 Å². The number of carboxylic acids is 1. The largest absolute Gasteiger partial charge is 0.550 e. The Hall–Kier alpha value is -0.570. The van der Waals surface area contributed by atoms with E-state index in [0.29, 0.717) is 6.42 Å². The summed E-state index contributed by atoms with van der Waals surface area (Å²) >= 11 is 0. The quantitative estimate of drug-likeness (QED) is 0.687. The fourth-order valence-electron chi connectivity index (χ4n) is 1.82. The third-order valence-electron chi connectivity index (χ3n) is 3.76. The molecule has 3 nitrogen and oxygen atoms in total. The number of hydrogen-bond donors (Lipinski definition) is 0. The van der Waals surface area contributed by atoms with Crippen molar-refractivity contribution < 1.29 is 14.4 Å². The zero-order valence-corrected chi connectivity index (χ0v) is 13.5. The number of carboxylic acid groups (broad SMARTS) is 1. The van der Waals surface area contributed by atoms with Crippen molar-refractivity contribution in [3.8, 4) is 0 Å². The second kappa shape index (κ2) is 9.37. The molecule has 110 valence electrons. The van der Waals surface area contributed by atoms with E-state index in [2.05, 4.69) is 27.7 Å². The van der Waals surface area contributed by atoms with Gasteiger partial charge in [0.25, 0.3) is 0 Å². The Bertz CT molecular complexity index is 198. The summed E-state index contributed by atoms with van der Waals surface area (Å²) in [6, 6.07) is 0. The Morgan fingerprint density at radius 2 is 1.28 bits per heavy atom. The lowest BCUT2D eigenvalue weighted by Gasteiger charge is -2.34. The van der Waals surface area contributed by atoms with E-state index in [1.54, 1.807) is 0 Å². The molecule has 0 aliphatic heterocycles. The summed E-state index contributed by atoms with van der Waals surface area (Å²) in [6.45, 7) is 20.3. The van der Waals surface area contributed by atoms with E-state index in [9.17, 15) is 9.90 Å². The maximum absolute atomic E-state index is 9.93. The van der Waals surface area contributed by atoms with Gasteiger partial charge in [0.1, 0.15) is 0 Å². The number of carbonyl (C=O) groups is 1. The summed E-state index contributed by atoms with van der Waals surface area (Å²) in [4.78, 5) is 9.93. The molecule has 0 aliphatic carbocycles. The summed E-state index contributed by atoms with van der Waals surface area (Å²) < 4.78 is 1.28. The standard InChI is InChI=1S/C8H20N.C7H14O2/c1-5-9(6-2,7-3)8-4;1-7(2,3)5-4-6(8)9/h5-8H2,1-4H3;4-5H2,1-3H3,(H,8,9)/q+1;/p-1. The zero-order valence-electron chi connectivity index (χ0n) is 13.5. The predicted molar refractivity (Wildman–Crippen MR) is 76.1 cm³/mol. The number of quaternary nitrogens is 1. The smallest absolute Gasteiger partial charge is 0.0757 e. The second-order valence-electron chi connectivity index (χ2n) is 6.04. The molecule has 0 bridgehead atoms. The Morgan fingerprint density at radius 1 is 0.944 bits per heavy atom. The van der Waals surface area contributed by atoms with E-state index < -0.39 is 5.97 Å². The fourth-order valence-corrected chi connectivity index (χ4v) is 1.82. The van der Waals surface area contributed by atoms with Crippen molar-refractivity contribution in [3.63, 3.8) is 0 Å². The fraction of sp³-hybridized carbons (Fsp3) is 0.933. The Labute approximate surface area is 114 Å². The third kappa shape index (κ3) is 10.6. The molecule has 0 spiro atoms. The van der Waals surface area contributed by atoms with Crippen molar-refractivity contribution in [2.24, 2.45) is 5.41 Å². The van der Waals surface area contributed by atoms with Crippen LogP contribution < -0.4 is 5.11 Å². The topological polar surface area (TPSA) is 40.1 Å². The van der Waals surface area contributed by atoms with E-state index in [1.807, 2.05) is 20.8 Å². The molecule has 0 aromatic heterocycles. The van der Waals surface area contributed by atoms with Crippen LogP contribution in [-0.2, 0) is 4.79 Å². The first-order chi connectivity index (χ1) is 8.16. The number of hydrogen-bond acceptors (Lipinski definition) is 2. The van der Waals surface area contributed by atoms with Crippen molar-refractivity contribution in [1.29, 1.82) is 0 Å². The van der Waals surface area contributed by atoms with Gasteiger partial charge in [-0.1, -0.05) is 20.8 Å². The summed E-state index contributed by atoms with van der Waals surface area (Å²) in [5, 5.41) is 9.93. The van der Waals surface area contributed by atoms with Crippen LogP contribution in [0.1, 0.15) is 61.3 Å². The van der Waals surface area contributed by atoms with Crippen molar-refractivity contribution in [2.45, 2.75) is 61.3 Å². The van der Waals surface area contributed by atoms with Gasteiger partial charge in [-0.25, -0.2) is 0 Å². The van der Waals surface area contributed by atoms with Crippen LogP contribution in [0.15, 0.2) is 0 Å². The molecule has 0 amide bonds. The Morgan fingerprint density at radius 3 is 1.33 bits per heavy atom. The van der Waals surface area contributed by atoms with Gasteiger partial charge in [0.05, 0.1) is 26.2 Å². The molecule has 0 saturated carbocycles. The maximum Gasteiger partial charge on any atom is 0.0757 e. The van der Waals surface area contributed by atoms with Crippen LogP contribution in [0.5, 0.6) is 0 Å². The molecular formula is C15H33NO2. The molecule has 0 aliphatic rings. The summed E-state index contributed by atoms with van der Waals surface area (Å²) in [5.41, 5.74) is 0.111. The van der Waals surface area contributed by atoms with Gasteiger partial charge in [0.2, 0.25) is 0 Å². The van der Waals surface area contributed by atoms with Crippen LogP contribution >= 0.6 is 0 Å². The maximum atomic E-state index is 9.93. The van der Waals surface area contributed by atoms with Crippen molar-refractivity contribution >= 4 is 5.97 Å². The minimum absolute atomic E-state index is 0.111. The first-order valence-electron chi connectivity index (χ1n) is 7.21. The van der Waals surface area contributed by atoms with E-state index in [1.165, 1.54) is 30.7 Å². The lowest BCUT2D eigenvalue weighted by atomic mass is 9.91. The molecule has 0 unspecified atom stereocenters. The minimum atomic E-state index is -0.954. The molecule has 0 heterocycles. The van der Waals surface area contributed by atoms with E-state index in [-0.39, 0.29) is 11.8 Å². The number of carbonyl (C=O) groups excluding carboxylic acids is 1.